The number of carbonyl (C=O) groups is 1. The summed E-state index contributed by atoms with van der Waals surface area (Å²) in [5.41, 5.74) is 3.50. The first-order valence-corrected chi connectivity index (χ1v) is 12.0. The second-order valence-corrected chi connectivity index (χ2v) is 9.39. The van der Waals surface area contributed by atoms with Crippen LogP contribution in [0.1, 0.15) is 36.5 Å². The van der Waals surface area contributed by atoms with E-state index in [0.717, 1.165) is 41.5 Å². The van der Waals surface area contributed by atoms with E-state index in [9.17, 15) is 13.2 Å². The zero-order chi connectivity index (χ0) is 22.3. The molecule has 0 spiro atoms. The Kier molecular flexibility index (Phi) is 8.29. The van der Waals surface area contributed by atoms with Crippen LogP contribution in [0.5, 0.6) is 5.75 Å². The summed E-state index contributed by atoms with van der Waals surface area (Å²) in [6.07, 6.45) is 3.00. The van der Waals surface area contributed by atoms with Gasteiger partial charge < -0.3 is 10.1 Å². The van der Waals surface area contributed by atoms with Gasteiger partial charge in [-0.05, 0) is 68.0 Å². The lowest BCUT2D eigenvalue weighted by atomic mass is 10.1. The van der Waals surface area contributed by atoms with Crippen LogP contribution in [0.2, 0.25) is 0 Å². The average molecular weight is 433 g/mol. The Balaban J connectivity index is 2.10. The lowest BCUT2D eigenvalue weighted by molar-refractivity contribution is -0.122. The van der Waals surface area contributed by atoms with Gasteiger partial charge in [0, 0.05) is 6.54 Å². The Morgan fingerprint density at radius 1 is 1.13 bits per heavy atom. The first-order chi connectivity index (χ1) is 14.2. The third-order valence-corrected chi connectivity index (χ3v) is 6.09. The molecule has 1 N–H and O–H groups in total. The summed E-state index contributed by atoms with van der Waals surface area (Å²) in [6, 6.07) is 12.6. The van der Waals surface area contributed by atoms with Crippen molar-refractivity contribution in [1.82, 2.24) is 5.32 Å². The van der Waals surface area contributed by atoms with Gasteiger partial charge >= 0.3 is 0 Å². The zero-order valence-corrected chi connectivity index (χ0v) is 19.3. The molecule has 1 amide bonds. The van der Waals surface area contributed by atoms with Crippen molar-refractivity contribution >= 4 is 21.6 Å². The topological polar surface area (TPSA) is 75.7 Å². The lowest BCUT2D eigenvalue weighted by Gasteiger charge is -2.30. The van der Waals surface area contributed by atoms with Crippen molar-refractivity contribution in [3.8, 4) is 5.75 Å². The van der Waals surface area contributed by atoms with Crippen molar-refractivity contribution in [1.29, 1.82) is 0 Å². The lowest BCUT2D eigenvalue weighted by Crippen LogP contribution is -2.49. The number of sulfonamides is 1. The number of para-hydroxylation sites is 1. The predicted octanol–water partition coefficient (Wildman–Crippen LogP) is 3.61. The van der Waals surface area contributed by atoms with E-state index in [1.165, 1.54) is 4.31 Å². The number of benzene rings is 2. The van der Waals surface area contributed by atoms with E-state index in [4.69, 9.17) is 4.74 Å². The van der Waals surface area contributed by atoms with Gasteiger partial charge in [-0.1, -0.05) is 31.2 Å². The van der Waals surface area contributed by atoms with E-state index >= 15 is 0 Å². The van der Waals surface area contributed by atoms with Crippen LogP contribution in [0.15, 0.2) is 42.5 Å². The standard InChI is InChI=1S/C23H32N2O4S/c1-6-21(25(30(5,27)28)20-15-17(2)14-18(3)16-20)23(26)24-13-9-11-19-10-7-8-12-22(19)29-4/h7-8,10,12,14-16,21H,6,9,11,13H2,1-5H3,(H,24,26)/t21-/m0/s1. The maximum Gasteiger partial charge on any atom is 0.243 e. The Labute approximate surface area is 180 Å². The fourth-order valence-electron chi connectivity index (χ4n) is 3.66. The predicted molar refractivity (Wildman–Crippen MR) is 122 cm³/mol. The van der Waals surface area contributed by atoms with Gasteiger partial charge in [0.25, 0.3) is 0 Å². The Bertz CT molecular complexity index is 953. The van der Waals surface area contributed by atoms with Crippen molar-refractivity contribution in [2.45, 2.75) is 46.1 Å². The number of methoxy groups -OCH3 is 1. The Morgan fingerprint density at radius 2 is 1.77 bits per heavy atom. The number of hydrogen-bond donors (Lipinski definition) is 1. The molecular formula is C23H32N2O4S. The van der Waals surface area contributed by atoms with Gasteiger partial charge in [-0.3, -0.25) is 9.10 Å². The van der Waals surface area contributed by atoms with Crippen molar-refractivity contribution in [3.05, 3.63) is 59.2 Å². The molecule has 0 aromatic heterocycles. The van der Waals surface area contributed by atoms with E-state index in [1.54, 1.807) is 19.2 Å². The van der Waals surface area contributed by atoms with E-state index < -0.39 is 16.1 Å². The summed E-state index contributed by atoms with van der Waals surface area (Å²) in [5, 5.41) is 2.91. The molecule has 0 unspecified atom stereocenters. The van der Waals surface area contributed by atoms with Crippen LogP contribution in [0.4, 0.5) is 5.69 Å². The molecule has 2 aromatic rings. The van der Waals surface area contributed by atoms with Crippen LogP contribution in [0.25, 0.3) is 0 Å². The first kappa shape index (κ1) is 23.7. The number of ether oxygens (including phenoxy) is 1. The van der Waals surface area contributed by atoms with Crippen molar-refractivity contribution < 1.29 is 17.9 Å². The fourth-order valence-corrected chi connectivity index (χ4v) is 4.85. The molecule has 1 atom stereocenters. The minimum absolute atomic E-state index is 0.290. The molecule has 0 saturated heterocycles. The molecule has 7 heteroatoms. The first-order valence-electron chi connectivity index (χ1n) is 10.1. The van der Waals surface area contributed by atoms with Gasteiger partial charge in [0.05, 0.1) is 19.1 Å². The summed E-state index contributed by atoms with van der Waals surface area (Å²) in [6.45, 7) is 6.10. The summed E-state index contributed by atoms with van der Waals surface area (Å²) in [7, 11) is -2.00. The van der Waals surface area contributed by atoms with Crippen LogP contribution < -0.4 is 14.4 Å². The number of carbonyl (C=O) groups excluding carboxylic acids is 1. The summed E-state index contributed by atoms with van der Waals surface area (Å²) < 4.78 is 31.7. The number of nitrogens with zero attached hydrogens (tertiary/aromatic N) is 1. The fraction of sp³-hybridized carbons (Fsp3) is 0.435. The van der Waals surface area contributed by atoms with Gasteiger partial charge in [0.15, 0.2) is 0 Å². The normalized spacial score (nSPS) is 12.3. The monoisotopic (exact) mass is 432 g/mol. The van der Waals surface area contributed by atoms with Gasteiger partial charge in [-0.15, -0.1) is 0 Å². The van der Waals surface area contributed by atoms with E-state index in [2.05, 4.69) is 5.32 Å². The average Bonchev–Trinajstić information content (AvgIpc) is 2.67. The van der Waals surface area contributed by atoms with Crippen LogP contribution in [-0.4, -0.2) is 40.3 Å². The van der Waals surface area contributed by atoms with E-state index in [1.807, 2.05) is 51.1 Å². The molecule has 0 bridgehead atoms. The summed E-state index contributed by atoms with van der Waals surface area (Å²) in [5.74, 6) is 0.537. The Hall–Kier alpha value is -2.54. The molecule has 0 fully saturated rings. The van der Waals surface area contributed by atoms with Crippen molar-refractivity contribution in [2.24, 2.45) is 0 Å². The quantitative estimate of drug-likeness (QED) is 0.582. The maximum atomic E-state index is 12.9. The molecule has 0 aliphatic rings. The van der Waals surface area contributed by atoms with Gasteiger partial charge in [0.2, 0.25) is 15.9 Å². The molecule has 6 nitrogen and oxygen atoms in total. The molecule has 30 heavy (non-hydrogen) atoms. The molecule has 0 heterocycles. The smallest absolute Gasteiger partial charge is 0.243 e. The van der Waals surface area contributed by atoms with E-state index in [0.29, 0.717) is 18.7 Å². The molecule has 0 radical (unpaired) electrons. The highest BCUT2D eigenvalue weighted by molar-refractivity contribution is 7.92. The third-order valence-electron chi connectivity index (χ3n) is 4.91. The van der Waals surface area contributed by atoms with Crippen molar-refractivity contribution in [2.75, 3.05) is 24.2 Å². The molecule has 2 rings (SSSR count). The largest absolute Gasteiger partial charge is 0.496 e. The molecule has 164 valence electrons. The number of rotatable bonds is 10. The van der Waals surface area contributed by atoms with Crippen molar-refractivity contribution in [3.63, 3.8) is 0 Å². The minimum Gasteiger partial charge on any atom is -0.496 e. The molecule has 0 aliphatic heterocycles. The maximum absolute atomic E-state index is 12.9. The summed E-state index contributed by atoms with van der Waals surface area (Å²) in [4.78, 5) is 12.9. The number of hydrogen-bond acceptors (Lipinski definition) is 4. The second-order valence-electron chi connectivity index (χ2n) is 7.54. The summed E-state index contributed by atoms with van der Waals surface area (Å²) >= 11 is 0. The van der Waals surface area contributed by atoms with Crippen LogP contribution in [0.3, 0.4) is 0 Å². The molecule has 2 aromatic carbocycles. The van der Waals surface area contributed by atoms with Crippen LogP contribution in [0, 0.1) is 13.8 Å². The van der Waals surface area contributed by atoms with Gasteiger partial charge in [-0.25, -0.2) is 8.42 Å². The highest BCUT2D eigenvalue weighted by atomic mass is 32.2. The highest BCUT2D eigenvalue weighted by Gasteiger charge is 2.31. The SMILES string of the molecule is CC[C@@H](C(=O)NCCCc1ccccc1OC)N(c1cc(C)cc(C)c1)S(C)(=O)=O. The Morgan fingerprint density at radius 3 is 2.33 bits per heavy atom. The van der Waals surface area contributed by atoms with Gasteiger partial charge in [-0.2, -0.15) is 0 Å². The number of nitrogens with one attached hydrogen (secondary N) is 1. The molecule has 0 aliphatic carbocycles. The molecule has 0 saturated carbocycles. The van der Waals surface area contributed by atoms with Crippen LogP contribution in [-0.2, 0) is 21.2 Å². The second kappa shape index (κ2) is 10.5. The zero-order valence-electron chi connectivity index (χ0n) is 18.4. The number of aryl methyl sites for hydroxylation is 3. The number of anilines is 1. The minimum atomic E-state index is -3.63. The highest BCUT2D eigenvalue weighted by Crippen LogP contribution is 2.25. The van der Waals surface area contributed by atoms with Gasteiger partial charge in [0.1, 0.15) is 11.8 Å². The third kappa shape index (κ3) is 6.23. The van der Waals surface area contributed by atoms with Crippen LogP contribution >= 0.6 is 0 Å². The van der Waals surface area contributed by atoms with E-state index in [-0.39, 0.29) is 5.91 Å². The molecular weight excluding hydrogens is 400 g/mol. The number of amides is 1.